The molecule has 0 amide bonds. The van der Waals surface area contributed by atoms with Crippen LogP contribution in [-0.4, -0.2) is 36.2 Å². The highest BCUT2D eigenvalue weighted by atomic mass is 31.2. The summed E-state index contributed by atoms with van der Waals surface area (Å²) < 4.78 is 54.2. The van der Waals surface area contributed by atoms with Crippen molar-refractivity contribution in [2.45, 2.75) is 185 Å². The van der Waals surface area contributed by atoms with Gasteiger partial charge in [0, 0.05) is 0 Å². The van der Waals surface area contributed by atoms with Gasteiger partial charge in [-0.3, -0.25) is 9.13 Å². The summed E-state index contributed by atoms with van der Waals surface area (Å²) in [5, 5.41) is 0. The van der Waals surface area contributed by atoms with Gasteiger partial charge >= 0.3 is 15.2 Å². The van der Waals surface area contributed by atoms with Crippen LogP contribution in [0.15, 0.2) is 0 Å². The van der Waals surface area contributed by atoms with E-state index in [1.54, 1.807) is 0 Å². The predicted octanol–water partition coefficient (Wildman–Crippen LogP) is 10.3. The van der Waals surface area contributed by atoms with Crippen LogP contribution in [0.25, 0.3) is 0 Å². The Balaban J connectivity index is 1.40. The average molecular weight is 575 g/mol. The summed E-state index contributed by atoms with van der Waals surface area (Å²) in [6.07, 6.45) is 24.6. The van der Waals surface area contributed by atoms with Crippen molar-refractivity contribution in [2.75, 3.05) is 6.16 Å². The molecule has 0 spiro atoms. The van der Waals surface area contributed by atoms with Gasteiger partial charge in [-0.2, -0.15) is 0 Å². The van der Waals surface area contributed by atoms with Gasteiger partial charge in [-0.1, -0.05) is 84.0 Å². The maximum Gasteiger partial charge on any atom is 0.334 e. The van der Waals surface area contributed by atoms with Gasteiger partial charge in [0.2, 0.25) is 0 Å². The van der Waals surface area contributed by atoms with Gasteiger partial charge in [-0.15, -0.1) is 0 Å². The van der Waals surface area contributed by atoms with E-state index in [1.165, 1.54) is 25.7 Å². The smallest absolute Gasteiger partial charge is 0.305 e. The van der Waals surface area contributed by atoms with Gasteiger partial charge in [-0.05, 0) is 70.6 Å². The van der Waals surface area contributed by atoms with E-state index < -0.39 is 15.2 Å². The fourth-order valence-electron chi connectivity index (χ4n) is 6.99. The van der Waals surface area contributed by atoms with Crippen LogP contribution in [0.4, 0.5) is 0 Å². The Morgan fingerprint density at radius 2 is 0.895 bits per heavy atom. The maximum absolute atomic E-state index is 14.5. The lowest BCUT2D eigenvalue weighted by Crippen LogP contribution is -2.25. The molecular weight excluding hydrogens is 518 g/mol. The molecule has 0 aliphatic heterocycles. The molecule has 1 unspecified atom stereocenters. The highest BCUT2D eigenvalue weighted by Gasteiger charge is 2.41. The van der Waals surface area contributed by atoms with Crippen molar-refractivity contribution < 1.29 is 27.2 Å². The van der Waals surface area contributed by atoms with Crippen LogP contribution in [0.5, 0.6) is 0 Å². The molecule has 4 aliphatic carbocycles. The molecular formula is C30H56O6P2. The summed E-state index contributed by atoms with van der Waals surface area (Å²) >= 11 is 0. The topological polar surface area (TPSA) is 71.1 Å². The summed E-state index contributed by atoms with van der Waals surface area (Å²) in [7, 11) is -6.51. The normalized spacial score (nSPS) is 25.0. The Labute approximate surface area is 233 Å². The first-order valence-corrected chi connectivity index (χ1v) is 19.7. The third-order valence-electron chi connectivity index (χ3n) is 9.31. The van der Waals surface area contributed by atoms with Gasteiger partial charge in [0.15, 0.2) is 0 Å². The quantitative estimate of drug-likeness (QED) is 0.192. The van der Waals surface area contributed by atoms with E-state index >= 15 is 0 Å². The Kier molecular flexibility index (Phi) is 13.2. The van der Waals surface area contributed by atoms with E-state index in [9.17, 15) is 9.13 Å². The minimum atomic E-state index is -3.29. The average Bonchev–Trinajstić information content (AvgIpc) is 2.93. The minimum absolute atomic E-state index is 0.0441. The standard InChI is InChI=1S/C30H56O6P2/c1-2-30(38(32,35-28-20-11-5-12-21-28)36-29-22-13-6-14-23-29)24-15-25-37(31,33-26-16-7-3-8-17-26)34-27-18-9-4-10-19-27/h26-30H,2-25H2,1H3. The molecule has 222 valence electrons. The number of hydrogen-bond acceptors (Lipinski definition) is 6. The first kappa shape index (κ1) is 31.2. The summed E-state index contributed by atoms with van der Waals surface area (Å²) in [5.74, 6) is 0. The summed E-state index contributed by atoms with van der Waals surface area (Å²) in [5.41, 5.74) is -0.163. The molecule has 8 heteroatoms. The zero-order chi connectivity index (χ0) is 26.7. The minimum Gasteiger partial charge on any atom is -0.305 e. The third kappa shape index (κ3) is 9.99. The van der Waals surface area contributed by atoms with Crippen LogP contribution in [0.2, 0.25) is 0 Å². The van der Waals surface area contributed by atoms with Crippen LogP contribution in [0.3, 0.4) is 0 Å². The Morgan fingerprint density at radius 1 is 0.553 bits per heavy atom. The second-order valence-corrected chi connectivity index (χ2v) is 16.9. The second kappa shape index (κ2) is 16.1. The Bertz CT molecular complexity index is 704. The molecule has 6 nitrogen and oxygen atoms in total. The van der Waals surface area contributed by atoms with Crippen molar-refractivity contribution in [3.05, 3.63) is 0 Å². The lowest BCUT2D eigenvalue weighted by molar-refractivity contribution is 0.0729. The molecule has 0 heterocycles. The molecule has 0 aromatic carbocycles. The Morgan fingerprint density at radius 3 is 1.24 bits per heavy atom. The van der Waals surface area contributed by atoms with Crippen LogP contribution >= 0.6 is 15.2 Å². The van der Waals surface area contributed by atoms with Gasteiger partial charge < -0.3 is 18.1 Å². The maximum atomic E-state index is 14.5. The largest absolute Gasteiger partial charge is 0.334 e. The Hall–Kier alpha value is 0.300. The van der Waals surface area contributed by atoms with Gasteiger partial charge in [0.05, 0.1) is 36.2 Å². The van der Waals surface area contributed by atoms with Gasteiger partial charge in [0.1, 0.15) is 0 Å². The summed E-state index contributed by atoms with van der Waals surface area (Å²) in [4.78, 5) is 0. The summed E-state index contributed by atoms with van der Waals surface area (Å²) in [6.45, 7) is 2.10. The lowest BCUT2D eigenvalue weighted by atomic mass is 9.98. The lowest BCUT2D eigenvalue weighted by Gasteiger charge is -2.35. The SMILES string of the molecule is CCC(CCCP(=O)(OC1CCCCC1)OC1CCCCC1)P(=O)(OC1CCCCC1)OC1CCCCC1. The molecule has 0 aromatic rings. The van der Waals surface area contributed by atoms with Crippen LogP contribution in [-0.2, 0) is 27.2 Å². The second-order valence-electron chi connectivity index (χ2n) is 12.5. The van der Waals surface area contributed by atoms with Crippen LogP contribution < -0.4 is 0 Å². The van der Waals surface area contributed by atoms with Crippen molar-refractivity contribution in [1.82, 2.24) is 0 Å². The van der Waals surface area contributed by atoms with Crippen molar-refractivity contribution in [2.24, 2.45) is 0 Å². The van der Waals surface area contributed by atoms with Crippen molar-refractivity contribution in [1.29, 1.82) is 0 Å². The predicted molar refractivity (Wildman–Crippen MR) is 155 cm³/mol. The molecule has 4 saturated carbocycles. The van der Waals surface area contributed by atoms with E-state index in [-0.39, 0.29) is 30.1 Å². The summed E-state index contributed by atoms with van der Waals surface area (Å²) in [6, 6.07) is 0. The van der Waals surface area contributed by atoms with E-state index in [0.29, 0.717) is 19.0 Å². The van der Waals surface area contributed by atoms with Crippen LogP contribution in [0.1, 0.15) is 155 Å². The molecule has 0 N–H and O–H groups in total. The number of hydrogen-bond donors (Lipinski definition) is 0. The number of rotatable bonds is 14. The van der Waals surface area contributed by atoms with Crippen molar-refractivity contribution in [3.8, 4) is 0 Å². The van der Waals surface area contributed by atoms with Crippen molar-refractivity contribution in [3.63, 3.8) is 0 Å². The monoisotopic (exact) mass is 574 g/mol. The molecule has 38 heavy (non-hydrogen) atoms. The molecule has 0 bridgehead atoms. The van der Waals surface area contributed by atoms with Gasteiger partial charge in [-0.25, -0.2) is 0 Å². The van der Waals surface area contributed by atoms with E-state index in [4.69, 9.17) is 18.1 Å². The zero-order valence-corrected chi connectivity index (χ0v) is 26.0. The molecule has 4 rings (SSSR count). The van der Waals surface area contributed by atoms with E-state index in [0.717, 1.165) is 109 Å². The molecule has 1 atom stereocenters. The molecule has 4 aliphatic rings. The molecule has 0 radical (unpaired) electrons. The highest BCUT2D eigenvalue weighted by Crippen LogP contribution is 2.60. The fraction of sp³-hybridized carbons (Fsp3) is 1.00. The molecule has 0 saturated heterocycles. The fourth-order valence-corrected chi connectivity index (χ4v) is 11.7. The first-order valence-electron chi connectivity index (χ1n) is 16.4. The van der Waals surface area contributed by atoms with E-state index in [2.05, 4.69) is 6.92 Å². The van der Waals surface area contributed by atoms with Crippen molar-refractivity contribution >= 4 is 15.2 Å². The van der Waals surface area contributed by atoms with Gasteiger partial charge in [0.25, 0.3) is 0 Å². The molecule has 4 fully saturated rings. The zero-order valence-electron chi connectivity index (χ0n) is 24.2. The van der Waals surface area contributed by atoms with E-state index in [1.807, 2.05) is 0 Å². The first-order chi connectivity index (χ1) is 18.5. The molecule has 0 aromatic heterocycles. The third-order valence-corrected chi connectivity index (χ3v) is 14.1. The van der Waals surface area contributed by atoms with Crippen LogP contribution in [0, 0.1) is 0 Å². The highest BCUT2D eigenvalue weighted by molar-refractivity contribution is 7.54.